The van der Waals surface area contributed by atoms with Crippen LogP contribution in [0.5, 0.6) is 0 Å². The molecule has 0 spiro atoms. The van der Waals surface area contributed by atoms with Crippen LogP contribution in [0.4, 0.5) is 4.79 Å². The lowest BCUT2D eigenvalue weighted by Gasteiger charge is -2.60. The van der Waals surface area contributed by atoms with Crippen molar-refractivity contribution in [2.75, 3.05) is 13.2 Å². The van der Waals surface area contributed by atoms with Gasteiger partial charge >= 0.3 is 6.09 Å². The Morgan fingerprint density at radius 1 is 1.18 bits per heavy atom. The molecule has 0 radical (unpaired) electrons. The van der Waals surface area contributed by atoms with Gasteiger partial charge < -0.3 is 14.4 Å². The van der Waals surface area contributed by atoms with Gasteiger partial charge in [-0.05, 0) is 63.2 Å². The van der Waals surface area contributed by atoms with Gasteiger partial charge in [0.2, 0.25) is 0 Å². The molecular weight excluding hydrogens is 278 g/mol. The zero-order valence-electron chi connectivity index (χ0n) is 13.8. The highest BCUT2D eigenvalue weighted by atomic mass is 16.6. The second kappa shape index (κ2) is 5.70. The first kappa shape index (κ1) is 14.8. The van der Waals surface area contributed by atoms with Gasteiger partial charge in [0.05, 0.1) is 18.8 Å². The predicted molar refractivity (Wildman–Crippen MR) is 83.7 cm³/mol. The Morgan fingerprint density at radius 2 is 1.91 bits per heavy atom. The van der Waals surface area contributed by atoms with Crippen molar-refractivity contribution in [1.29, 1.82) is 0 Å². The summed E-state index contributed by atoms with van der Waals surface area (Å²) in [7, 11) is 0. The van der Waals surface area contributed by atoms with Gasteiger partial charge in [-0.1, -0.05) is 13.3 Å². The van der Waals surface area contributed by atoms with E-state index in [9.17, 15) is 4.79 Å². The summed E-state index contributed by atoms with van der Waals surface area (Å²) in [5.74, 6) is 1.58. The van der Waals surface area contributed by atoms with E-state index in [4.69, 9.17) is 9.47 Å². The highest BCUT2D eigenvalue weighted by Gasteiger charge is 2.57. The van der Waals surface area contributed by atoms with Crippen molar-refractivity contribution in [3.63, 3.8) is 0 Å². The maximum absolute atomic E-state index is 12.5. The first-order valence-corrected chi connectivity index (χ1v) is 9.28. The Kier molecular flexibility index (Phi) is 3.83. The van der Waals surface area contributed by atoms with E-state index in [1.165, 1.54) is 19.3 Å². The van der Waals surface area contributed by atoms with Crippen LogP contribution in [0.15, 0.2) is 0 Å². The molecule has 2 heterocycles. The molecule has 22 heavy (non-hydrogen) atoms. The van der Waals surface area contributed by atoms with Crippen LogP contribution < -0.4 is 0 Å². The number of amides is 1. The van der Waals surface area contributed by atoms with E-state index in [0.29, 0.717) is 18.7 Å². The highest BCUT2D eigenvalue weighted by Crippen LogP contribution is 2.53. The van der Waals surface area contributed by atoms with Crippen LogP contribution in [-0.4, -0.2) is 41.9 Å². The summed E-state index contributed by atoms with van der Waals surface area (Å²) in [4.78, 5) is 14.5. The Balaban J connectivity index is 1.40. The minimum absolute atomic E-state index is 0.0698. The maximum atomic E-state index is 12.5. The van der Waals surface area contributed by atoms with Crippen LogP contribution in [0, 0.1) is 11.8 Å². The van der Waals surface area contributed by atoms with Crippen molar-refractivity contribution in [3.8, 4) is 0 Å². The normalized spacial score (nSPS) is 39.3. The Labute approximate surface area is 133 Å². The molecule has 2 atom stereocenters. The van der Waals surface area contributed by atoms with Gasteiger partial charge in [-0.15, -0.1) is 0 Å². The SMILES string of the molecule is CCCCOC(=O)N1C2CC3CC1CC(OCC1CC1)(C3)C2. The van der Waals surface area contributed by atoms with Crippen molar-refractivity contribution in [2.24, 2.45) is 11.8 Å². The van der Waals surface area contributed by atoms with Gasteiger partial charge in [0, 0.05) is 12.1 Å². The summed E-state index contributed by atoms with van der Waals surface area (Å²) in [6, 6.07) is 0.721. The van der Waals surface area contributed by atoms with E-state index in [2.05, 4.69) is 11.8 Å². The second-order valence-corrected chi connectivity index (χ2v) is 8.07. The van der Waals surface area contributed by atoms with Gasteiger partial charge in [-0.3, -0.25) is 0 Å². The van der Waals surface area contributed by atoms with Crippen LogP contribution in [0.3, 0.4) is 0 Å². The molecule has 2 unspecified atom stereocenters. The van der Waals surface area contributed by atoms with Crippen molar-refractivity contribution >= 4 is 6.09 Å². The molecule has 4 nitrogen and oxygen atoms in total. The predicted octanol–water partition coefficient (Wildman–Crippen LogP) is 3.74. The fraction of sp³-hybridized carbons (Fsp3) is 0.944. The third-order valence-electron chi connectivity index (χ3n) is 6.13. The number of carbonyl (C=O) groups excluding carboxylic acids is 1. The van der Waals surface area contributed by atoms with Gasteiger partial charge in [-0.2, -0.15) is 0 Å². The molecule has 0 aromatic heterocycles. The van der Waals surface area contributed by atoms with Crippen LogP contribution in [-0.2, 0) is 9.47 Å². The number of ether oxygens (including phenoxy) is 2. The van der Waals surface area contributed by atoms with Crippen molar-refractivity contribution in [1.82, 2.24) is 4.90 Å². The second-order valence-electron chi connectivity index (χ2n) is 8.07. The van der Waals surface area contributed by atoms with E-state index in [0.717, 1.165) is 57.0 Å². The molecule has 5 aliphatic rings. The molecule has 0 aromatic rings. The molecule has 124 valence electrons. The zero-order chi connectivity index (χ0) is 15.2. The summed E-state index contributed by atoms with van der Waals surface area (Å²) in [6.07, 6.45) is 10.3. The van der Waals surface area contributed by atoms with E-state index >= 15 is 0 Å². The lowest BCUT2D eigenvalue weighted by atomic mass is 9.61. The summed E-state index contributed by atoms with van der Waals surface area (Å²) in [5, 5.41) is 0. The molecule has 3 aliphatic carbocycles. The smallest absolute Gasteiger partial charge is 0.410 e. The summed E-state index contributed by atoms with van der Waals surface area (Å²) >= 11 is 0. The lowest BCUT2D eigenvalue weighted by Crippen LogP contribution is -2.66. The third-order valence-corrected chi connectivity index (χ3v) is 6.13. The van der Waals surface area contributed by atoms with Gasteiger partial charge in [0.1, 0.15) is 0 Å². The maximum Gasteiger partial charge on any atom is 0.410 e. The summed E-state index contributed by atoms with van der Waals surface area (Å²) < 4.78 is 11.9. The van der Waals surface area contributed by atoms with E-state index < -0.39 is 0 Å². The van der Waals surface area contributed by atoms with E-state index in [1.807, 2.05) is 0 Å². The molecule has 2 aliphatic heterocycles. The molecule has 4 bridgehead atoms. The molecule has 0 N–H and O–H groups in total. The first-order valence-electron chi connectivity index (χ1n) is 9.28. The molecule has 5 fully saturated rings. The van der Waals surface area contributed by atoms with Gasteiger partial charge in [0.15, 0.2) is 0 Å². The molecule has 4 heteroatoms. The molecule has 3 saturated carbocycles. The first-order chi connectivity index (χ1) is 10.7. The molecule has 5 rings (SSSR count). The molecule has 1 amide bonds. The number of hydrogen-bond donors (Lipinski definition) is 0. The number of carbonyl (C=O) groups is 1. The van der Waals surface area contributed by atoms with Crippen LogP contribution in [0.2, 0.25) is 0 Å². The fourth-order valence-electron chi connectivity index (χ4n) is 4.99. The minimum Gasteiger partial charge on any atom is -0.449 e. The van der Waals surface area contributed by atoms with E-state index in [-0.39, 0.29) is 11.7 Å². The van der Waals surface area contributed by atoms with E-state index in [1.54, 1.807) is 0 Å². The van der Waals surface area contributed by atoms with Crippen LogP contribution >= 0.6 is 0 Å². The van der Waals surface area contributed by atoms with Crippen LogP contribution in [0.25, 0.3) is 0 Å². The number of nitrogens with zero attached hydrogens (tertiary/aromatic N) is 1. The average Bonchev–Trinajstić information content (AvgIpc) is 3.29. The van der Waals surface area contributed by atoms with Crippen molar-refractivity contribution in [3.05, 3.63) is 0 Å². The molecule has 0 aromatic carbocycles. The highest BCUT2D eigenvalue weighted by molar-refractivity contribution is 5.69. The number of unbranched alkanes of at least 4 members (excludes halogenated alkanes) is 1. The van der Waals surface area contributed by atoms with Crippen molar-refractivity contribution < 1.29 is 14.3 Å². The standard InChI is InChI=1S/C18H29NO3/c1-2-3-6-21-17(20)19-15-7-14-8-16(19)11-18(9-14,10-15)22-12-13-4-5-13/h13-16H,2-12H2,1H3. The quantitative estimate of drug-likeness (QED) is 0.702. The lowest BCUT2D eigenvalue weighted by molar-refractivity contribution is -0.179. The monoisotopic (exact) mass is 307 g/mol. The Bertz CT molecular complexity index is 418. The molecular formula is C18H29NO3. The third kappa shape index (κ3) is 2.75. The Morgan fingerprint density at radius 3 is 2.55 bits per heavy atom. The largest absolute Gasteiger partial charge is 0.449 e. The topological polar surface area (TPSA) is 38.8 Å². The number of rotatable bonds is 6. The number of piperidine rings is 2. The summed E-state index contributed by atoms with van der Waals surface area (Å²) in [5.41, 5.74) is 0.0826. The molecule has 2 saturated heterocycles. The summed E-state index contributed by atoms with van der Waals surface area (Å²) in [6.45, 7) is 3.64. The minimum atomic E-state index is -0.0698. The Hall–Kier alpha value is -0.770. The van der Waals surface area contributed by atoms with Crippen LogP contribution in [0.1, 0.15) is 64.7 Å². The van der Waals surface area contributed by atoms with Crippen molar-refractivity contribution in [2.45, 2.75) is 82.4 Å². The fourth-order valence-corrected chi connectivity index (χ4v) is 4.99. The van der Waals surface area contributed by atoms with Gasteiger partial charge in [-0.25, -0.2) is 4.79 Å². The number of hydrogen-bond acceptors (Lipinski definition) is 3. The zero-order valence-corrected chi connectivity index (χ0v) is 13.8. The van der Waals surface area contributed by atoms with Gasteiger partial charge in [0.25, 0.3) is 0 Å². The average molecular weight is 307 g/mol.